The number of halogens is 3. The molecule has 4 atom stereocenters. The zero-order valence-electron chi connectivity index (χ0n) is 21.2. The number of nitrogens with zero attached hydrogens (tertiary/aromatic N) is 1. The van der Waals surface area contributed by atoms with Gasteiger partial charge in [0, 0.05) is 35.1 Å². The normalized spacial score (nSPS) is 26.3. The molecule has 0 aromatic heterocycles. The van der Waals surface area contributed by atoms with Gasteiger partial charge in [0.1, 0.15) is 17.4 Å². The Hall–Kier alpha value is -3.00. The second-order valence-electron chi connectivity index (χ2n) is 10.8. The molecule has 2 heterocycles. The molecule has 38 heavy (non-hydrogen) atoms. The smallest absolute Gasteiger partial charge is 0.249 e. The van der Waals surface area contributed by atoms with E-state index in [0.29, 0.717) is 16.7 Å². The molecule has 0 radical (unpaired) electrons. The largest absolute Gasteiger partial charge is 0.480 e. The molecule has 3 aromatic rings. The first-order valence-corrected chi connectivity index (χ1v) is 13.3. The number of ether oxygens (including phenoxy) is 1. The molecule has 0 bridgehead atoms. The van der Waals surface area contributed by atoms with Gasteiger partial charge in [0.05, 0.1) is 22.7 Å². The average molecular weight is 539 g/mol. The summed E-state index contributed by atoms with van der Waals surface area (Å²) in [5.41, 5.74) is 6.99. The third-order valence-electron chi connectivity index (χ3n) is 8.69. The van der Waals surface area contributed by atoms with Crippen LogP contribution in [0.4, 0.5) is 8.78 Å². The van der Waals surface area contributed by atoms with Crippen LogP contribution in [0, 0.1) is 11.6 Å². The van der Waals surface area contributed by atoms with Gasteiger partial charge in [-0.15, -0.1) is 0 Å². The third kappa shape index (κ3) is 3.52. The minimum absolute atomic E-state index is 0.0300. The summed E-state index contributed by atoms with van der Waals surface area (Å²) >= 11 is 6.62. The molecule has 1 saturated heterocycles. The van der Waals surface area contributed by atoms with Gasteiger partial charge in [0.25, 0.3) is 0 Å². The Kier molecular flexibility index (Phi) is 6.02. The van der Waals surface area contributed by atoms with Crippen LogP contribution < -0.4 is 10.5 Å². The SMILES string of the molecule is C[C@H]1c2c(cc(F)c(Cl)c2-c2c(C(N)=O)cc3c(c2F)C[C@@H](O)C3)O[C@@]1(c1ccccc1)[C@@H]1CCCN1C. The van der Waals surface area contributed by atoms with Crippen molar-refractivity contribution in [2.75, 3.05) is 13.6 Å². The number of carbonyl (C=O) groups is 1. The summed E-state index contributed by atoms with van der Waals surface area (Å²) in [7, 11) is 2.05. The molecule has 6 rings (SSSR count). The van der Waals surface area contributed by atoms with Crippen LogP contribution in [0.3, 0.4) is 0 Å². The fourth-order valence-corrected chi connectivity index (χ4v) is 7.27. The minimum Gasteiger partial charge on any atom is -0.480 e. The molecule has 1 amide bonds. The Labute approximate surface area is 225 Å². The van der Waals surface area contributed by atoms with Crippen LogP contribution in [-0.4, -0.2) is 41.7 Å². The maximum atomic E-state index is 16.3. The Morgan fingerprint density at radius 3 is 2.58 bits per heavy atom. The highest BCUT2D eigenvalue weighted by Crippen LogP contribution is 2.59. The van der Waals surface area contributed by atoms with E-state index >= 15 is 8.78 Å². The van der Waals surface area contributed by atoms with Crippen molar-refractivity contribution < 1.29 is 23.4 Å². The van der Waals surface area contributed by atoms with Gasteiger partial charge in [-0.25, -0.2) is 8.78 Å². The molecule has 3 N–H and O–H groups in total. The number of nitrogens with two attached hydrogens (primary N) is 1. The van der Waals surface area contributed by atoms with Gasteiger partial charge < -0.3 is 15.6 Å². The molecule has 5 nitrogen and oxygen atoms in total. The molecule has 0 unspecified atom stereocenters. The number of aliphatic hydroxyl groups is 1. The lowest BCUT2D eigenvalue weighted by Gasteiger charge is -2.42. The molecule has 3 aliphatic rings. The number of aliphatic hydroxyl groups excluding tert-OH is 1. The van der Waals surface area contributed by atoms with Crippen molar-refractivity contribution in [3.05, 3.63) is 86.9 Å². The van der Waals surface area contributed by atoms with E-state index in [1.165, 1.54) is 12.1 Å². The van der Waals surface area contributed by atoms with Crippen molar-refractivity contribution in [2.45, 2.75) is 56.3 Å². The average Bonchev–Trinajstić information content (AvgIpc) is 3.57. The predicted molar refractivity (Wildman–Crippen MR) is 142 cm³/mol. The zero-order chi connectivity index (χ0) is 26.9. The van der Waals surface area contributed by atoms with E-state index in [2.05, 4.69) is 4.90 Å². The zero-order valence-corrected chi connectivity index (χ0v) is 22.0. The highest BCUT2D eigenvalue weighted by atomic mass is 35.5. The van der Waals surface area contributed by atoms with E-state index in [-0.39, 0.29) is 52.3 Å². The van der Waals surface area contributed by atoms with Gasteiger partial charge in [-0.2, -0.15) is 0 Å². The minimum atomic E-state index is -0.892. The molecule has 0 spiro atoms. The van der Waals surface area contributed by atoms with Crippen LogP contribution in [0.1, 0.15) is 58.3 Å². The summed E-state index contributed by atoms with van der Waals surface area (Å²) in [5.74, 6) is -2.43. The number of rotatable bonds is 4. The molecular formula is C30H29ClF2N2O3. The van der Waals surface area contributed by atoms with Crippen LogP contribution in [0.15, 0.2) is 42.5 Å². The van der Waals surface area contributed by atoms with Gasteiger partial charge >= 0.3 is 0 Å². The molecule has 198 valence electrons. The standard InChI is InChI=1S/C30H29ClF2N2O3/c1-15-24-22(38-30(15,17-7-4-3-5-8-17)23-9-6-10-35(23)2)14-21(32)27(31)26(24)25-20(29(34)37)12-16-11-18(36)13-19(16)28(25)33/h3-5,7-8,12,14-15,18,23,36H,6,9-11,13H2,1-2H3,(H2,34,37)/t15-,18-,23-,30-/m0/s1. The first-order chi connectivity index (χ1) is 18.1. The van der Waals surface area contributed by atoms with Crippen molar-refractivity contribution in [3.8, 4) is 16.9 Å². The van der Waals surface area contributed by atoms with E-state index in [1.54, 1.807) is 0 Å². The summed E-state index contributed by atoms with van der Waals surface area (Å²) in [6.45, 7) is 2.88. The molecule has 0 saturated carbocycles. The number of benzene rings is 3. The van der Waals surface area contributed by atoms with Gasteiger partial charge in [-0.1, -0.05) is 48.9 Å². The third-order valence-corrected chi connectivity index (χ3v) is 9.06. The Morgan fingerprint density at radius 1 is 1.18 bits per heavy atom. The Bertz CT molecular complexity index is 1460. The number of hydrogen-bond acceptors (Lipinski definition) is 4. The van der Waals surface area contributed by atoms with Crippen LogP contribution in [-0.2, 0) is 18.4 Å². The summed E-state index contributed by atoms with van der Waals surface area (Å²) in [6.07, 6.45) is 1.39. The molecule has 1 fully saturated rings. The van der Waals surface area contributed by atoms with Crippen molar-refractivity contribution >= 4 is 17.5 Å². The topological polar surface area (TPSA) is 75.8 Å². The number of likely N-dealkylation sites (N-methyl/N-ethyl adjacent to an activating group) is 1. The summed E-state index contributed by atoms with van der Waals surface area (Å²) in [5, 5.41) is 9.92. The summed E-state index contributed by atoms with van der Waals surface area (Å²) < 4.78 is 38.5. The van der Waals surface area contributed by atoms with Crippen LogP contribution in [0.25, 0.3) is 11.1 Å². The van der Waals surface area contributed by atoms with Crippen LogP contribution in [0.2, 0.25) is 5.02 Å². The van der Waals surface area contributed by atoms with Crippen molar-refractivity contribution in [3.63, 3.8) is 0 Å². The monoisotopic (exact) mass is 538 g/mol. The van der Waals surface area contributed by atoms with Crippen molar-refractivity contribution in [1.29, 1.82) is 0 Å². The highest BCUT2D eigenvalue weighted by molar-refractivity contribution is 6.34. The second-order valence-corrected chi connectivity index (χ2v) is 11.1. The van der Waals surface area contributed by atoms with Gasteiger partial charge in [0.2, 0.25) is 5.91 Å². The molecule has 2 aliphatic heterocycles. The van der Waals surface area contributed by atoms with Gasteiger partial charge in [-0.3, -0.25) is 9.69 Å². The summed E-state index contributed by atoms with van der Waals surface area (Å²) in [6, 6.07) is 12.5. The molecule has 1 aliphatic carbocycles. The van der Waals surface area contributed by atoms with E-state index in [9.17, 15) is 9.90 Å². The Morgan fingerprint density at radius 2 is 1.92 bits per heavy atom. The van der Waals surface area contributed by atoms with E-state index in [4.69, 9.17) is 22.1 Å². The Balaban J connectivity index is 1.65. The lowest BCUT2D eigenvalue weighted by atomic mass is 9.72. The number of primary amides is 1. The predicted octanol–water partition coefficient (Wildman–Crippen LogP) is 5.33. The number of amides is 1. The van der Waals surface area contributed by atoms with E-state index in [1.807, 2.05) is 44.3 Å². The fourth-order valence-electron chi connectivity index (χ4n) is 7.02. The van der Waals surface area contributed by atoms with Crippen LogP contribution >= 0.6 is 11.6 Å². The summed E-state index contributed by atoms with van der Waals surface area (Å²) in [4.78, 5) is 14.9. The molecule has 8 heteroatoms. The van der Waals surface area contributed by atoms with Crippen molar-refractivity contribution in [2.24, 2.45) is 5.73 Å². The quantitative estimate of drug-likeness (QED) is 0.471. The first-order valence-electron chi connectivity index (χ1n) is 12.9. The number of carbonyl (C=O) groups excluding carboxylic acids is 1. The van der Waals surface area contributed by atoms with Crippen molar-refractivity contribution in [1.82, 2.24) is 4.90 Å². The second kappa shape index (κ2) is 9.04. The van der Waals surface area contributed by atoms with E-state index in [0.717, 1.165) is 24.9 Å². The van der Waals surface area contributed by atoms with Gasteiger partial charge in [-0.05, 0) is 55.6 Å². The maximum absolute atomic E-state index is 16.3. The van der Waals surface area contributed by atoms with E-state index < -0.39 is 29.2 Å². The first kappa shape index (κ1) is 25.3. The maximum Gasteiger partial charge on any atom is 0.249 e. The van der Waals surface area contributed by atoms with Crippen LogP contribution in [0.5, 0.6) is 5.75 Å². The highest BCUT2D eigenvalue weighted by Gasteiger charge is 2.56. The number of fused-ring (bicyclic) bond motifs is 2. The number of hydrogen-bond donors (Lipinski definition) is 2. The molecular weight excluding hydrogens is 510 g/mol. The fraction of sp³-hybridized carbons (Fsp3) is 0.367. The molecule has 3 aromatic carbocycles. The van der Waals surface area contributed by atoms with Gasteiger partial charge in [0.15, 0.2) is 5.60 Å². The lowest BCUT2D eigenvalue weighted by molar-refractivity contribution is -0.00573. The lowest BCUT2D eigenvalue weighted by Crippen LogP contribution is -2.51. The number of likely N-dealkylation sites (tertiary alicyclic amines) is 1.